The number of hydrogen-bond acceptors (Lipinski definition) is 6. The molecule has 10 heteroatoms. The van der Waals surface area contributed by atoms with Crippen LogP contribution in [-0.4, -0.2) is 26.4 Å². The van der Waals surface area contributed by atoms with Crippen LogP contribution in [0.2, 0.25) is 5.02 Å². The van der Waals surface area contributed by atoms with E-state index in [-0.39, 0.29) is 10.8 Å². The molecular weight excluding hydrogens is 494 g/mol. The predicted octanol–water partition coefficient (Wildman–Crippen LogP) is 5.83. The van der Waals surface area contributed by atoms with Crippen LogP contribution >= 0.6 is 22.9 Å². The van der Waals surface area contributed by atoms with Crippen LogP contribution in [0.3, 0.4) is 0 Å². The van der Waals surface area contributed by atoms with Gasteiger partial charge in [-0.2, -0.15) is 0 Å². The van der Waals surface area contributed by atoms with E-state index >= 15 is 0 Å². The summed E-state index contributed by atoms with van der Waals surface area (Å²) in [7, 11) is -2.14. The molecule has 1 aromatic heterocycles. The molecule has 3 aromatic carbocycles. The minimum Gasteiger partial charge on any atom is -0.496 e. The maximum Gasteiger partial charge on any atom is 0.261 e. The van der Waals surface area contributed by atoms with Crippen molar-refractivity contribution in [3.8, 4) is 17.0 Å². The fraction of sp³-hybridized carbons (Fsp3) is 0.0833. The molecule has 0 fully saturated rings. The number of carbonyl (C=O) groups excluding carboxylic acids is 1. The van der Waals surface area contributed by atoms with E-state index in [1.807, 2.05) is 30.5 Å². The van der Waals surface area contributed by atoms with E-state index in [0.29, 0.717) is 21.4 Å². The number of rotatable bonds is 7. The Bertz CT molecular complexity index is 1430. The minimum absolute atomic E-state index is 0.0883. The van der Waals surface area contributed by atoms with Gasteiger partial charge in [0.2, 0.25) is 0 Å². The van der Waals surface area contributed by atoms with Crippen LogP contribution in [0.15, 0.2) is 77.0 Å². The summed E-state index contributed by atoms with van der Waals surface area (Å²) in [6, 6.07) is 17.7. The third-order valence-electron chi connectivity index (χ3n) is 4.94. The van der Waals surface area contributed by atoms with Crippen LogP contribution < -0.4 is 14.8 Å². The molecule has 34 heavy (non-hydrogen) atoms. The molecule has 2 N–H and O–H groups in total. The SMILES string of the molecule is COc1ccc(-c2csc(NC(=O)c3ccc(NS(=O)(=O)c4ccc(Cl)cc4)cc3)n2)cc1C. The zero-order chi connectivity index (χ0) is 24.3. The monoisotopic (exact) mass is 513 g/mol. The average molecular weight is 514 g/mol. The topological polar surface area (TPSA) is 97.4 Å². The van der Waals surface area contributed by atoms with Crippen molar-refractivity contribution in [3.05, 3.63) is 88.3 Å². The Balaban J connectivity index is 1.42. The third kappa shape index (κ3) is 5.39. The van der Waals surface area contributed by atoms with Crippen LogP contribution in [0.5, 0.6) is 5.75 Å². The summed E-state index contributed by atoms with van der Waals surface area (Å²) in [5.41, 5.74) is 3.36. The van der Waals surface area contributed by atoms with Gasteiger partial charge in [-0.1, -0.05) is 11.6 Å². The van der Waals surface area contributed by atoms with Crippen LogP contribution in [-0.2, 0) is 10.0 Å². The lowest BCUT2D eigenvalue weighted by molar-refractivity contribution is 0.102. The van der Waals surface area contributed by atoms with Crippen molar-refractivity contribution >= 4 is 49.7 Å². The molecule has 0 aliphatic rings. The first-order valence-electron chi connectivity index (χ1n) is 10.1. The van der Waals surface area contributed by atoms with Gasteiger partial charge in [-0.3, -0.25) is 14.8 Å². The Morgan fingerprint density at radius 3 is 2.38 bits per heavy atom. The van der Waals surface area contributed by atoms with Crippen molar-refractivity contribution in [1.29, 1.82) is 0 Å². The summed E-state index contributed by atoms with van der Waals surface area (Å²) >= 11 is 7.13. The van der Waals surface area contributed by atoms with Gasteiger partial charge in [0.05, 0.1) is 17.7 Å². The molecule has 0 atom stereocenters. The van der Waals surface area contributed by atoms with E-state index in [2.05, 4.69) is 15.0 Å². The van der Waals surface area contributed by atoms with Crippen molar-refractivity contribution in [1.82, 2.24) is 4.98 Å². The normalized spacial score (nSPS) is 11.1. The zero-order valence-electron chi connectivity index (χ0n) is 18.2. The number of hydrogen-bond donors (Lipinski definition) is 2. The zero-order valence-corrected chi connectivity index (χ0v) is 20.6. The second-order valence-corrected chi connectivity index (χ2v) is 10.3. The second-order valence-electron chi connectivity index (χ2n) is 7.31. The molecule has 174 valence electrons. The smallest absolute Gasteiger partial charge is 0.261 e. The lowest BCUT2D eigenvalue weighted by Crippen LogP contribution is -2.14. The van der Waals surface area contributed by atoms with Gasteiger partial charge in [-0.05, 0) is 79.2 Å². The van der Waals surface area contributed by atoms with Gasteiger partial charge in [-0.15, -0.1) is 11.3 Å². The number of nitrogens with zero attached hydrogens (tertiary/aromatic N) is 1. The van der Waals surface area contributed by atoms with Gasteiger partial charge < -0.3 is 4.74 Å². The third-order valence-corrected chi connectivity index (χ3v) is 7.35. The molecule has 0 saturated carbocycles. The summed E-state index contributed by atoms with van der Waals surface area (Å²) in [5.74, 6) is 0.449. The van der Waals surface area contributed by atoms with Gasteiger partial charge in [0.25, 0.3) is 15.9 Å². The first-order chi connectivity index (χ1) is 16.2. The van der Waals surface area contributed by atoms with E-state index in [4.69, 9.17) is 16.3 Å². The maximum absolute atomic E-state index is 12.6. The Labute approximate surface area is 206 Å². The van der Waals surface area contributed by atoms with Gasteiger partial charge in [-0.25, -0.2) is 13.4 Å². The van der Waals surface area contributed by atoms with Crippen LogP contribution in [0.25, 0.3) is 11.3 Å². The summed E-state index contributed by atoms with van der Waals surface area (Å²) < 4.78 is 32.8. The van der Waals surface area contributed by atoms with Crippen LogP contribution in [0.1, 0.15) is 15.9 Å². The molecule has 1 amide bonds. The molecular formula is C24H20ClN3O4S2. The fourth-order valence-corrected chi connectivity index (χ4v) is 5.09. The second kappa shape index (κ2) is 9.84. The lowest BCUT2D eigenvalue weighted by Gasteiger charge is -2.09. The van der Waals surface area contributed by atoms with Crippen molar-refractivity contribution in [2.75, 3.05) is 17.1 Å². The predicted molar refractivity (Wildman–Crippen MR) is 135 cm³/mol. The molecule has 1 heterocycles. The number of sulfonamides is 1. The number of ether oxygens (including phenoxy) is 1. The highest BCUT2D eigenvalue weighted by Gasteiger charge is 2.15. The molecule has 0 bridgehead atoms. The largest absolute Gasteiger partial charge is 0.496 e. The number of anilines is 2. The molecule has 0 saturated heterocycles. The number of thiazole rings is 1. The Kier molecular flexibility index (Phi) is 6.87. The van der Waals surface area contributed by atoms with Gasteiger partial charge in [0.1, 0.15) is 5.75 Å². The number of carbonyl (C=O) groups is 1. The number of amides is 1. The summed E-state index contributed by atoms with van der Waals surface area (Å²) in [4.78, 5) is 17.2. The van der Waals surface area contributed by atoms with Crippen LogP contribution in [0, 0.1) is 6.92 Å². The number of benzene rings is 3. The molecule has 0 aliphatic carbocycles. The maximum atomic E-state index is 12.6. The Morgan fingerprint density at radius 2 is 1.74 bits per heavy atom. The van der Waals surface area contributed by atoms with Crippen molar-refractivity contribution in [2.45, 2.75) is 11.8 Å². The molecule has 7 nitrogen and oxygen atoms in total. The van der Waals surface area contributed by atoms with E-state index in [0.717, 1.165) is 22.6 Å². The number of methoxy groups -OCH3 is 1. The molecule has 0 aliphatic heterocycles. The summed E-state index contributed by atoms with van der Waals surface area (Å²) in [5, 5.41) is 5.55. The Hall–Kier alpha value is -3.40. The van der Waals surface area contributed by atoms with Crippen molar-refractivity contribution in [2.24, 2.45) is 0 Å². The standard InChI is InChI=1S/C24H20ClN3O4S2/c1-15-13-17(5-12-22(15)32-2)21-14-33-24(26-21)27-23(29)16-3-8-19(9-4-16)28-34(30,31)20-10-6-18(25)7-11-20/h3-14,28H,1-2H3,(H,26,27,29). The van der Waals surface area contributed by atoms with Gasteiger partial charge in [0, 0.05) is 27.2 Å². The summed E-state index contributed by atoms with van der Waals surface area (Å²) in [6.07, 6.45) is 0. The average Bonchev–Trinajstić information content (AvgIpc) is 3.28. The highest BCUT2D eigenvalue weighted by atomic mass is 35.5. The first kappa shape index (κ1) is 23.7. The molecule has 0 spiro atoms. The fourth-order valence-electron chi connectivity index (χ4n) is 3.19. The van der Waals surface area contributed by atoms with E-state index < -0.39 is 10.0 Å². The number of nitrogens with one attached hydrogen (secondary N) is 2. The van der Waals surface area contributed by atoms with E-state index in [9.17, 15) is 13.2 Å². The first-order valence-corrected chi connectivity index (χ1v) is 12.8. The van der Waals surface area contributed by atoms with E-state index in [1.165, 1.54) is 59.9 Å². The molecule has 4 rings (SSSR count). The minimum atomic E-state index is -3.77. The lowest BCUT2D eigenvalue weighted by atomic mass is 10.1. The molecule has 4 aromatic rings. The number of aromatic nitrogens is 1. The highest BCUT2D eigenvalue weighted by Crippen LogP contribution is 2.29. The molecule has 0 unspecified atom stereocenters. The Morgan fingerprint density at radius 1 is 1.03 bits per heavy atom. The quantitative estimate of drug-likeness (QED) is 0.324. The summed E-state index contributed by atoms with van der Waals surface area (Å²) in [6.45, 7) is 1.95. The van der Waals surface area contributed by atoms with Crippen molar-refractivity contribution < 1.29 is 17.9 Å². The highest BCUT2D eigenvalue weighted by molar-refractivity contribution is 7.92. The number of aryl methyl sites for hydroxylation is 1. The number of halogens is 1. The van der Waals surface area contributed by atoms with E-state index in [1.54, 1.807) is 7.11 Å². The van der Waals surface area contributed by atoms with Crippen LogP contribution in [0.4, 0.5) is 10.8 Å². The van der Waals surface area contributed by atoms with Gasteiger partial charge >= 0.3 is 0 Å². The van der Waals surface area contributed by atoms with Crippen molar-refractivity contribution in [3.63, 3.8) is 0 Å². The molecule has 0 radical (unpaired) electrons. The van der Waals surface area contributed by atoms with Gasteiger partial charge in [0.15, 0.2) is 5.13 Å².